The molecule has 0 unspecified atom stereocenters. The number of hydrogen-bond donors (Lipinski definition) is 1. The lowest BCUT2D eigenvalue weighted by molar-refractivity contribution is 0.203. The van der Waals surface area contributed by atoms with Gasteiger partial charge >= 0.3 is 0 Å². The molecule has 5 heteroatoms. The summed E-state index contributed by atoms with van der Waals surface area (Å²) in [4.78, 5) is 1.77. The van der Waals surface area contributed by atoms with Crippen LogP contribution in [0.15, 0.2) is 12.1 Å². The monoisotopic (exact) mass is 258 g/mol. The zero-order valence-corrected chi connectivity index (χ0v) is 11.0. The van der Waals surface area contributed by atoms with E-state index in [-0.39, 0.29) is 23.8 Å². The fourth-order valence-electron chi connectivity index (χ4n) is 1.81. The van der Waals surface area contributed by atoms with E-state index in [0.717, 1.165) is 0 Å². The van der Waals surface area contributed by atoms with Gasteiger partial charge in [-0.15, -0.1) is 0 Å². The first-order chi connectivity index (χ1) is 8.52. The van der Waals surface area contributed by atoms with Crippen LogP contribution in [0.25, 0.3) is 0 Å². The number of methoxy groups -OCH3 is 1. The molecule has 3 nitrogen and oxygen atoms in total. The predicted octanol–water partition coefficient (Wildman–Crippen LogP) is 2.28. The molecule has 1 aromatic carbocycles. The molecule has 0 atom stereocenters. The molecular formula is C13H20F2N2O. The third-order valence-electron chi connectivity index (χ3n) is 2.83. The van der Waals surface area contributed by atoms with Crippen molar-refractivity contribution >= 4 is 5.69 Å². The van der Waals surface area contributed by atoms with Crippen LogP contribution in [0.5, 0.6) is 0 Å². The average molecular weight is 258 g/mol. The van der Waals surface area contributed by atoms with E-state index in [2.05, 4.69) is 0 Å². The molecule has 102 valence electrons. The molecule has 0 spiro atoms. The Labute approximate surface area is 107 Å². The lowest BCUT2D eigenvalue weighted by atomic mass is 10.1. The molecule has 0 aliphatic rings. The molecular weight excluding hydrogens is 238 g/mol. The second-order valence-corrected chi connectivity index (χ2v) is 4.36. The second kappa shape index (κ2) is 6.66. The predicted molar refractivity (Wildman–Crippen MR) is 68.6 cm³/mol. The Balaban J connectivity index is 3.09. The summed E-state index contributed by atoms with van der Waals surface area (Å²) < 4.78 is 32.7. The molecule has 0 saturated heterocycles. The molecule has 1 rings (SSSR count). The molecule has 0 amide bonds. The number of nitrogens with zero attached hydrogens (tertiary/aromatic N) is 1. The van der Waals surface area contributed by atoms with Crippen molar-refractivity contribution in [2.24, 2.45) is 5.73 Å². The fourth-order valence-corrected chi connectivity index (χ4v) is 1.81. The van der Waals surface area contributed by atoms with Crippen molar-refractivity contribution in [2.45, 2.75) is 26.4 Å². The molecule has 0 aromatic heterocycles. The zero-order chi connectivity index (χ0) is 13.7. The summed E-state index contributed by atoms with van der Waals surface area (Å²) in [5, 5.41) is 0. The van der Waals surface area contributed by atoms with E-state index in [4.69, 9.17) is 10.5 Å². The van der Waals surface area contributed by atoms with Crippen molar-refractivity contribution in [2.75, 3.05) is 25.2 Å². The smallest absolute Gasteiger partial charge is 0.182 e. The lowest BCUT2D eigenvalue weighted by Crippen LogP contribution is -2.34. The van der Waals surface area contributed by atoms with Crippen molar-refractivity contribution in [3.8, 4) is 0 Å². The summed E-state index contributed by atoms with van der Waals surface area (Å²) in [6.07, 6.45) is 0. The third kappa shape index (κ3) is 3.17. The first-order valence-corrected chi connectivity index (χ1v) is 5.95. The van der Waals surface area contributed by atoms with Crippen LogP contribution < -0.4 is 10.6 Å². The minimum absolute atomic E-state index is 0.0111. The standard InChI is InChI=1S/C13H20F2N2O/c1-9(2)17(6-7-18-3)11-5-4-10(8-16)12(14)13(11)15/h4-5,9H,6-8,16H2,1-3H3. The number of rotatable bonds is 6. The third-order valence-corrected chi connectivity index (χ3v) is 2.83. The summed E-state index contributed by atoms with van der Waals surface area (Å²) in [5.74, 6) is -1.71. The minimum atomic E-state index is -0.863. The van der Waals surface area contributed by atoms with Crippen LogP contribution in [0.3, 0.4) is 0 Å². The molecule has 2 N–H and O–H groups in total. The van der Waals surface area contributed by atoms with Crippen molar-refractivity contribution in [3.63, 3.8) is 0 Å². The van der Waals surface area contributed by atoms with E-state index < -0.39 is 11.6 Å². The Hall–Kier alpha value is -1.20. The molecule has 0 bridgehead atoms. The van der Waals surface area contributed by atoms with Gasteiger partial charge < -0.3 is 15.4 Å². The number of hydrogen-bond acceptors (Lipinski definition) is 3. The number of anilines is 1. The van der Waals surface area contributed by atoms with E-state index in [9.17, 15) is 8.78 Å². The van der Waals surface area contributed by atoms with Gasteiger partial charge in [-0.25, -0.2) is 8.78 Å². The Bertz CT molecular complexity index is 397. The van der Waals surface area contributed by atoms with Gasteiger partial charge in [0.1, 0.15) is 0 Å². The highest BCUT2D eigenvalue weighted by Gasteiger charge is 2.19. The first-order valence-electron chi connectivity index (χ1n) is 5.95. The molecule has 1 aromatic rings. The van der Waals surface area contributed by atoms with Crippen molar-refractivity contribution in [3.05, 3.63) is 29.3 Å². The first kappa shape index (κ1) is 14.9. The largest absolute Gasteiger partial charge is 0.383 e. The van der Waals surface area contributed by atoms with Gasteiger partial charge in [0.05, 0.1) is 12.3 Å². The SMILES string of the molecule is COCCN(c1ccc(CN)c(F)c1F)C(C)C. The maximum absolute atomic E-state index is 14.0. The molecule has 0 heterocycles. The molecule has 0 fully saturated rings. The van der Waals surface area contributed by atoms with E-state index in [1.807, 2.05) is 13.8 Å². The fraction of sp³-hybridized carbons (Fsp3) is 0.538. The zero-order valence-electron chi connectivity index (χ0n) is 11.0. The van der Waals surface area contributed by atoms with Gasteiger partial charge in [-0.3, -0.25) is 0 Å². The van der Waals surface area contributed by atoms with Crippen molar-refractivity contribution in [1.82, 2.24) is 0 Å². The van der Waals surface area contributed by atoms with Gasteiger partial charge in [-0.05, 0) is 19.9 Å². The molecule has 0 saturated carbocycles. The minimum Gasteiger partial charge on any atom is -0.383 e. The number of halogens is 2. The van der Waals surface area contributed by atoms with Gasteiger partial charge in [0, 0.05) is 31.8 Å². The Kier molecular flexibility index (Phi) is 5.50. The van der Waals surface area contributed by atoms with Crippen molar-refractivity contribution in [1.29, 1.82) is 0 Å². The highest BCUT2D eigenvalue weighted by Crippen LogP contribution is 2.25. The van der Waals surface area contributed by atoms with E-state index in [1.165, 1.54) is 6.07 Å². The van der Waals surface area contributed by atoms with Crippen LogP contribution in [0.1, 0.15) is 19.4 Å². The maximum Gasteiger partial charge on any atom is 0.182 e. The molecule has 0 radical (unpaired) electrons. The summed E-state index contributed by atoms with van der Waals surface area (Å²) in [7, 11) is 1.58. The summed E-state index contributed by atoms with van der Waals surface area (Å²) >= 11 is 0. The van der Waals surface area contributed by atoms with Crippen LogP contribution in [0.2, 0.25) is 0 Å². The number of ether oxygens (including phenoxy) is 1. The quantitative estimate of drug-likeness (QED) is 0.850. The number of benzene rings is 1. The molecule has 18 heavy (non-hydrogen) atoms. The highest BCUT2D eigenvalue weighted by atomic mass is 19.2. The summed E-state index contributed by atoms with van der Waals surface area (Å²) in [5.41, 5.74) is 5.78. The van der Waals surface area contributed by atoms with E-state index >= 15 is 0 Å². The Morgan fingerprint density at radius 1 is 1.28 bits per heavy atom. The van der Waals surface area contributed by atoms with Crippen LogP contribution in [-0.2, 0) is 11.3 Å². The van der Waals surface area contributed by atoms with Gasteiger partial charge in [-0.1, -0.05) is 6.07 Å². The Morgan fingerprint density at radius 2 is 1.94 bits per heavy atom. The van der Waals surface area contributed by atoms with E-state index in [1.54, 1.807) is 18.1 Å². The normalized spacial score (nSPS) is 11.1. The van der Waals surface area contributed by atoms with E-state index in [0.29, 0.717) is 13.2 Å². The molecule has 0 aliphatic heterocycles. The average Bonchev–Trinajstić information content (AvgIpc) is 2.34. The Morgan fingerprint density at radius 3 is 2.44 bits per heavy atom. The van der Waals surface area contributed by atoms with Crippen LogP contribution >= 0.6 is 0 Å². The highest BCUT2D eigenvalue weighted by molar-refractivity contribution is 5.50. The lowest BCUT2D eigenvalue weighted by Gasteiger charge is -2.29. The summed E-state index contributed by atoms with van der Waals surface area (Å²) in [6.45, 7) is 4.79. The van der Waals surface area contributed by atoms with Gasteiger partial charge in [0.2, 0.25) is 0 Å². The van der Waals surface area contributed by atoms with Gasteiger partial charge in [-0.2, -0.15) is 0 Å². The van der Waals surface area contributed by atoms with Gasteiger partial charge in [0.25, 0.3) is 0 Å². The van der Waals surface area contributed by atoms with Crippen LogP contribution in [-0.4, -0.2) is 26.3 Å². The van der Waals surface area contributed by atoms with Crippen LogP contribution in [0, 0.1) is 11.6 Å². The number of nitrogens with two attached hydrogens (primary N) is 1. The van der Waals surface area contributed by atoms with Crippen molar-refractivity contribution < 1.29 is 13.5 Å². The molecule has 0 aliphatic carbocycles. The maximum atomic E-state index is 14.0. The second-order valence-electron chi connectivity index (χ2n) is 4.36. The van der Waals surface area contributed by atoms with Gasteiger partial charge in [0.15, 0.2) is 11.6 Å². The summed E-state index contributed by atoms with van der Waals surface area (Å²) in [6, 6.07) is 3.14. The topological polar surface area (TPSA) is 38.5 Å². The van der Waals surface area contributed by atoms with Crippen LogP contribution in [0.4, 0.5) is 14.5 Å².